The Bertz CT molecular complexity index is 236. The molecule has 0 saturated carbocycles. The lowest BCUT2D eigenvalue weighted by Crippen LogP contribution is -1.89. The van der Waals surface area contributed by atoms with E-state index in [4.69, 9.17) is 0 Å². The summed E-state index contributed by atoms with van der Waals surface area (Å²) in [5, 5.41) is 9.27. The van der Waals surface area contributed by atoms with Crippen molar-refractivity contribution in [2.24, 2.45) is 5.92 Å². The van der Waals surface area contributed by atoms with Crippen LogP contribution in [0.25, 0.3) is 0 Å². The van der Waals surface area contributed by atoms with Gasteiger partial charge in [0.25, 0.3) is 0 Å². The molecule has 0 aromatic heterocycles. The third kappa shape index (κ3) is 6.14. The first-order chi connectivity index (χ1) is 5.93. The van der Waals surface area contributed by atoms with Gasteiger partial charge in [-0.1, -0.05) is 20.4 Å². The van der Waals surface area contributed by atoms with Gasteiger partial charge in [-0.2, -0.15) is 0 Å². The molecule has 0 spiro atoms. The molecule has 0 heterocycles. The zero-order chi connectivity index (χ0) is 10.4. The van der Waals surface area contributed by atoms with Gasteiger partial charge in [0.1, 0.15) is 5.83 Å². The maximum atomic E-state index is 12.8. The van der Waals surface area contributed by atoms with Crippen molar-refractivity contribution < 1.29 is 9.50 Å². The van der Waals surface area contributed by atoms with Crippen molar-refractivity contribution in [1.29, 1.82) is 0 Å². The van der Waals surface area contributed by atoms with Crippen molar-refractivity contribution in [3.8, 4) is 0 Å². The second kappa shape index (κ2) is 5.57. The maximum Gasteiger partial charge on any atom is 0.125 e. The highest BCUT2D eigenvalue weighted by Gasteiger charge is 1.98. The molecule has 0 fully saturated rings. The highest BCUT2D eigenvalue weighted by molar-refractivity contribution is 5.24. The highest BCUT2D eigenvalue weighted by Crippen LogP contribution is 2.11. The number of allylic oxidation sites excluding steroid dienone is 5. The molecule has 0 rings (SSSR count). The molecule has 1 N–H and O–H groups in total. The smallest absolute Gasteiger partial charge is 0.125 e. The molecule has 0 atom stereocenters. The van der Waals surface area contributed by atoms with E-state index in [-0.39, 0.29) is 5.76 Å². The molecule has 0 bridgehead atoms. The van der Waals surface area contributed by atoms with E-state index in [0.29, 0.717) is 17.9 Å². The van der Waals surface area contributed by atoms with Crippen LogP contribution in [-0.4, -0.2) is 5.11 Å². The van der Waals surface area contributed by atoms with Gasteiger partial charge >= 0.3 is 0 Å². The largest absolute Gasteiger partial charge is 0.512 e. The standard InChI is InChI=1S/C11H17FO/c1-8(2)7-10(13)5-6-11(12)9(3)4/h5-6,8,13H,3,7H2,1-2,4H3/b10-5+,11-6+. The molecule has 0 aliphatic rings. The van der Waals surface area contributed by atoms with Gasteiger partial charge < -0.3 is 5.11 Å². The van der Waals surface area contributed by atoms with E-state index >= 15 is 0 Å². The van der Waals surface area contributed by atoms with Crippen molar-refractivity contribution in [3.63, 3.8) is 0 Å². The van der Waals surface area contributed by atoms with E-state index in [0.717, 1.165) is 0 Å². The maximum absolute atomic E-state index is 12.8. The minimum Gasteiger partial charge on any atom is -0.512 e. The van der Waals surface area contributed by atoms with Gasteiger partial charge in [0, 0.05) is 6.42 Å². The molecule has 0 unspecified atom stereocenters. The highest BCUT2D eigenvalue weighted by atomic mass is 19.1. The lowest BCUT2D eigenvalue weighted by molar-refractivity contribution is 0.365. The Morgan fingerprint density at radius 1 is 1.46 bits per heavy atom. The van der Waals surface area contributed by atoms with E-state index < -0.39 is 5.83 Å². The first-order valence-electron chi connectivity index (χ1n) is 4.34. The summed E-state index contributed by atoms with van der Waals surface area (Å²) in [4.78, 5) is 0. The molecule has 0 amide bonds. The molecule has 13 heavy (non-hydrogen) atoms. The molecule has 0 saturated heterocycles. The lowest BCUT2D eigenvalue weighted by Gasteiger charge is -2.01. The Kier molecular flexibility index (Phi) is 5.12. The topological polar surface area (TPSA) is 20.2 Å². The third-order valence-electron chi connectivity index (χ3n) is 1.45. The summed E-state index contributed by atoms with van der Waals surface area (Å²) in [6, 6.07) is 0. The Hall–Kier alpha value is -1.05. The van der Waals surface area contributed by atoms with Crippen LogP contribution in [0.1, 0.15) is 27.2 Å². The summed E-state index contributed by atoms with van der Waals surface area (Å²) >= 11 is 0. The first-order valence-corrected chi connectivity index (χ1v) is 4.34. The Balaban J connectivity index is 4.24. The number of aliphatic hydroxyl groups excluding tert-OH is 1. The average molecular weight is 184 g/mol. The van der Waals surface area contributed by atoms with Crippen molar-refractivity contribution >= 4 is 0 Å². The molecule has 2 heteroatoms. The van der Waals surface area contributed by atoms with Crippen LogP contribution in [-0.2, 0) is 0 Å². The summed E-state index contributed by atoms with van der Waals surface area (Å²) in [7, 11) is 0. The summed E-state index contributed by atoms with van der Waals surface area (Å²) < 4.78 is 12.8. The SMILES string of the molecule is C=C(C)/C(F)=C\C=C(\O)CC(C)C. The molecule has 0 aromatic rings. The second-order valence-corrected chi connectivity index (χ2v) is 3.55. The van der Waals surface area contributed by atoms with Crippen LogP contribution in [0, 0.1) is 5.92 Å². The predicted molar refractivity (Wildman–Crippen MR) is 54.2 cm³/mol. The number of hydrogen-bond acceptors (Lipinski definition) is 1. The van der Waals surface area contributed by atoms with Gasteiger partial charge in [-0.15, -0.1) is 0 Å². The summed E-state index contributed by atoms with van der Waals surface area (Å²) in [5.41, 5.74) is 0.369. The Morgan fingerprint density at radius 3 is 2.38 bits per heavy atom. The summed E-state index contributed by atoms with van der Waals surface area (Å²) in [5.74, 6) is 0.180. The van der Waals surface area contributed by atoms with Crippen LogP contribution >= 0.6 is 0 Å². The van der Waals surface area contributed by atoms with E-state index in [1.165, 1.54) is 12.2 Å². The van der Waals surface area contributed by atoms with E-state index in [2.05, 4.69) is 6.58 Å². The van der Waals surface area contributed by atoms with Gasteiger partial charge in [-0.05, 0) is 30.6 Å². The van der Waals surface area contributed by atoms with Crippen LogP contribution in [0.2, 0.25) is 0 Å². The van der Waals surface area contributed by atoms with Crippen molar-refractivity contribution in [3.05, 3.63) is 35.9 Å². The van der Waals surface area contributed by atoms with E-state index in [1.807, 2.05) is 13.8 Å². The van der Waals surface area contributed by atoms with Crippen LogP contribution in [0.15, 0.2) is 35.9 Å². The Morgan fingerprint density at radius 2 is 2.00 bits per heavy atom. The zero-order valence-electron chi connectivity index (χ0n) is 8.47. The van der Waals surface area contributed by atoms with E-state index in [1.54, 1.807) is 6.92 Å². The quantitative estimate of drug-likeness (QED) is 0.519. The fourth-order valence-corrected chi connectivity index (χ4v) is 0.798. The first kappa shape index (κ1) is 11.9. The minimum atomic E-state index is -0.393. The predicted octanol–water partition coefficient (Wildman–Crippen LogP) is 3.90. The molecule has 0 aromatic carbocycles. The third-order valence-corrected chi connectivity index (χ3v) is 1.45. The normalized spacial score (nSPS) is 13.6. The van der Waals surface area contributed by atoms with Gasteiger partial charge in [0.15, 0.2) is 0 Å². The number of hydrogen-bond donors (Lipinski definition) is 1. The van der Waals surface area contributed by atoms with Crippen LogP contribution in [0.3, 0.4) is 0 Å². The van der Waals surface area contributed by atoms with Crippen LogP contribution in [0.5, 0.6) is 0 Å². The molecular formula is C11H17FO. The van der Waals surface area contributed by atoms with Gasteiger partial charge in [-0.3, -0.25) is 0 Å². The molecule has 0 aliphatic heterocycles. The van der Waals surface area contributed by atoms with Crippen molar-refractivity contribution in [2.75, 3.05) is 0 Å². The molecule has 0 radical (unpaired) electrons. The fourth-order valence-electron chi connectivity index (χ4n) is 0.798. The van der Waals surface area contributed by atoms with Crippen molar-refractivity contribution in [2.45, 2.75) is 27.2 Å². The van der Waals surface area contributed by atoms with E-state index in [9.17, 15) is 9.50 Å². The molecular weight excluding hydrogens is 167 g/mol. The second-order valence-electron chi connectivity index (χ2n) is 3.55. The van der Waals surface area contributed by atoms with Crippen LogP contribution in [0.4, 0.5) is 4.39 Å². The monoisotopic (exact) mass is 184 g/mol. The summed E-state index contributed by atoms with van der Waals surface area (Å²) in [6.45, 7) is 9.00. The summed E-state index contributed by atoms with van der Waals surface area (Å²) in [6.07, 6.45) is 3.18. The molecule has 74 valence electrons. The fraction of sp³-hybridized carbons (Fsp3) is 0.455. The number of aliphatic hydroxyl groups is 1. The van der Waals surface area contributed by atoms with Gasteiger partial charge in [0.2, 0.25) is 0 Å². The average Bonchev–Trinajstić information content (AvgIpc) is 1.98. The zero-order valence-corrected chi connectivity index (χ0v) is 8.47. The molecule has 1 nitrogen and oxygen atoms in total. The minimum absolute atomic E-state index is 0.200. The lowest BCUT2D eigenvalue weighted by atomic mass is 10.1. The molecule has 0 aliphatic carbocycles. The number of rotatable bonds is 4. The van der Waals surface area contributed by atoms with Gasteiger partial charge in [-0.25, -0.2) is 4.39 Å². The number of halogens is 1. The Labute approximate surface area is 79.3 Å². The van der Waals surface area contributed by atoms with Crippen LogP contribution < -0.4 is 0 Å². The van der Waals surface area contributed by atoms with Crippen molar-refractivity contribution in [1.82, 2.24) is 0 Å². The van der Waals surface area contributed by atoms with Gasteiger partial charge in [0.05, 0.1) is 5.76 Å².